The number of halogens is 1. The first-order chi connectivity index (χ1) is 9.70. The maximum Gasteiger partial charge on any atom is 0.309 e. The summed E-state index contributed by atoms with van der Waals surface area (Å²) in [5.41, 5.74) is 3.26. The summed E-state index contributed by atoms with van der Waals surface area (Å²) in [4.78, 5) is 19.0. The van der Waals surface area contributed by atoms with Crippen molar-refractivity contribution < 1.29 is 9.53 Å². The molecule has 0 saturated heterocycles. The lowest BCUT2D eigenvalue weighted by molar-refractivity contribution is -0.144. The molecule has 0 radical (unpaired) electrons. The van der Waals surface area contributed by atoms with Crippen molar-refractivity contribution in [3.05, 3.63) is 39.9 Å². The van der Waals surface area contributed by atoms with E-state index in [1.54, 1.807) is 6.33 Å². The lowest BCUT2D eigenvalue weighted by Crippen LogP contribution is -2.07. The summed E-state index contributed by atoms with van der Waals surface area (Å²) in [5.74, 6) is 0.302. The Morgan fingerprint density at radius 1 is 1.45 bits per heavy atom. The standard InChI is InChI=1S/C15H15IN2O2/c1-2-20-15(19)12-7-11(12)9-3-5-10(6-4-9)13-14(16)18-8-17-13/h3-6,8,11-12H,2,7H2,1H3,(H,17,18)/t11-,12+/m0/s1. The molecule has 1 N–H and O–H groups in total. The number of carbonyl (C=O) groups excluding carboxylic acids is 1. The Morgan fingerprint density at radius 2 is 2.20 bits per heavy atom. The first-order valence-electron chi connectivity index (χ1n) is 6.66. The Kier molecular flexibility index (Phi) is 3.78. The van der Waals surface area contributed by atoms with Crippen molar-refractivity contribution >= 4 is 28.6 Å². The SMILES string of the molecule is CCOC(=O)[C@@H]1C[C@H]1c1ccc(-c2nc[nH]c2I)cc1. The number of esters is 1. The van der Waals surface area contributed by atoms with Gasteiger partial charge in [-0.3, -0.25) is 4.79 Å². The van der Waals surface area contributed by atoms with Crippen molar-refractivity contribution in [3.8, 4) is 11.3 Å². The Balaban J connectivity index is 1.72. The molecule has 1 aromatic heterocycles. The highest BCUT2D eigenvalue weighted by atomic mass is 127. The molecule has 20 heavy (non-hydrogen) atoms. The maximum absolute atomic E-state index is 11.7. The average Bonchev–Trinajstić information content (AvgIpc) is 3.15. The molecule has 3 rings (SSSR count). The van der Waals surface area contributed by atoms with E-state index in [4.69, 9.17) is 4.74 Å². The van der Waals surface area contributed by atoms with Gasteiger partial charge in [0.15, 0.2) is 0 Å². The molecule has 4 nitrogen and oxygen atoms in total. The molecule has 0 aliphatic heterocycles. The van der Waals surface area contributed by atoms with E-state index in [0.717, 1.165) is 21.4 Å². The van der Waals surface area contributed by atoms with Crippen LogP contribution in [0.15, 0.2) is 30.6 Å². The molecule has 1 aliphatic carbocycles. The second kappa shape index (κ2) is 5.55. The molecule has 0 bridgehead atoms. The van der Waals surface area contributed by atoms with Crippen LogP contribution in [0.2, 0.25) is 0 Å². The molecule has 1 fully saturated rings. The Labute approximate surface area is 131 Å². The maximum atomic E-state index is 11.7. The largest absolute Gasteiger partial charge is 0.466 e. The monoisotopic (exact) mass is 382 g/mol. The number of H-pyrrole nitrogens is 1. The molecule has 0 spiro atoms. The Bertz CT molecular complexity index is 621. The van der Waals surface area contributed by atoms with Crippen LogP contribution >= 0.6 is 22.6 Å². The predicted molar refractivity (Wildman–Crippen MR) is 84.2 cm³/mol. The van der Waals surface area contributed by atoms with Crippen molar-refractivity contribution in [1.29, 1.82) is 0 Å². The Hall–Kier alpha value is -1.37. The fourth-order valence-electron chi connectivity index (χ4n) is 2.44. The first-order valence-corrected chi connectivity index (χ1v) is 7.74. The van der Waals surface area contributed by atoms with E-state index in [-0.39, 0.29) is 11.9 Å². The van der Waals surface area contributed by atoms with Gasteiger partial charge in [0.2, 0.25) is 0 Å². The number of hydrogen-bond acceptors (Lipinski definition) is 3. The zero-order valence-electron chi connectivity index (χ0n) is 11.1. The van der Waals surface area contributed by atoms with Crippen LogP contribution in [-0.2, 0) is 9.53 Å². The summed E-state index contributed by atoms with van der Waals surface area (Å²) in [6.45, 7) is 2.30. The number of ether oxygens (including phenoxy) is 1. The molecular formula is C15H15IN2O2. The molecule has 104 valence electrons. The summed E-state index contributed by atoms with van der Waals surface area (Å²) in [6.07, 6.45) is 2.60. The normalized spacial score (nSPS) is 20.7. The highest BCUT2D eigenvalue weighted by Crippen LogP contribution is 2.48. The van der Waals surface area contributed by atoms with Gasteiger partial charge in [-0.05, 0) is 47.4 Å². The zero-order chi connectivity index (χ0) is 14.1. The summed E-state index contributed by atoms with van der Waals surface area (Å²) in [5, 5.41) is 0. The second-order valence-electron chi connectivity index (χ2n) is 4.89. The highest BCUT2D eigenvalue weighted by molar-refractivity contribution is 14.1. The molecule has 1 saturated carbocycles. The number of nitrogens with one attached hydrogen (secondary N) is 1. The number of carbonyl (C=O) groups is 1. The predicted octanol–water partition coefficient (Wildman–Crippen LogP) is 3.35. The van der Waals surface area contributed by atoms with Gasteiger partial charge in [-0.25, -0.2) is 4.98 Å². The minimum Gasteiger partial charge on any atom is -0.466 e. The Morgan fingerprint density at radius 3 is 2.80 bits per heavy atom. The number of imidazole rings is 1. The van der Waals surface area contributed by atoms with Crippen LogP contribution in [0.25, 0.3) is 11.3 Å². The molecule has 2 atom stereocenters. The van der Waals surface area contributed by atoms with Crippen molar-refractivity contribution in [2.45, 2.75) is 19.3 Å². The van der Waals surface area contributed by atoms with Crippen molar-refractivity contribution in [3.63, 3.8) is 0 Å². The lowest BCUT2D eigenvalue weighted by Gasteiger charge is -2.03. The molecular weight excluding hydrogens is 367 g/mol. The van der Waals surface area contributed by atoms with Gasteiger partial charge in [0, 0.05) is 5.56 Å². The second-order valence-corrected chi connectivity index (χ2v) is 5.97. The third-order valence-corrected chi connectivity index (χ3v) is 4.41. The molecule has 5 heteroatoms. The van der Waals surface area contributed by atoms with Crippen LogP contribution in [0.3, 0.4) is 0 Å². The van der Waals surface area contributed by atoms with Crippen LogP contribution in [0.4, 0.5) is 0 Å². The quantitative estimate of drug-likeness (QED) is 0.652. The molecule has 0 unspecified atom stereocenters. The number of aromatic nitrogens is 2. The van der Waals surface area contributed by atoms with E-state index in [9.17, 15) is 4.79 Å². The number of hydrogen-bond donors (Lipinski definition) is 1. The van der Waals surface area contributed by atoms with Crippen LogP contribution in [-0.4, -0.2) is 22.5 Å². The van der Waals surface area contributed by atoms with Crippen LogP contribution in [0.5, 0.6) is 0 Å². The first kappa shape index (κ1) is 13.6. The van der Waals surface area contributed by atoms with E-state index >= 15 is 0 Å². The molecule has 1 heterocycles. The van der Waals surface area contributed by atoms with E-state index < -0.39 is 0 Å². The van der Waals surface area contributed by atoms with Gasteiger partial charge in [-0.2, -0.15) is 0 Å². The van der Waals surface area contributed by atoms with E-state index in [0.29, 0.717) is 12.5 Å². The average molecular weight is 382 g/mol. The van der Waals surface area contributed by atoms with Gasteiger partial charge in [-0.15, -0.1) is 0 Å². The van der Waals surface area contributed by atoms with Gasteiger partial charge in [0.25, 0.3) is 0 Å². The van der Waals surface area contributed by atoms with Crippen molar-refractivity contribution in [2.24, 2.45) is 5.92 Å². The number of rotatable bonds is 4. The third kappa shape index (κ3) is 2.59. The van der Waals surface area contributed by atoms with Crippen LogP contribution in [0, 0.1) is 9.62 Å². The molecule has 2 aromatic rings. The van der Waals surface area contributed by atoms with Gasteiger partial charge < -0.3 is 9.72 Å². The van der Waals surface area contributed by atoms with Crippen LogP contribution in [0.1, 0.15) is 24.8 Å². The number of aromatic amines is 1. The number of nitrogens with zero attached hydrogens (tertiary/aromatic N) is 1. The third-order valence-electron chi connectivity index (χ3n) is 3.58. The minimum atomic E-state index is -0.0663. The summed E-state index contributed by atoms with van der Waals surface area (Å²) < 4.78 is 6.10. The van der Waals surface area contributed by atoms with E-state index in [1.165, 1.54) is 5.56 Å². The summed E-state index contributed by atoms with van der Waals surface area (Å²) in [7, 11) is 0. The highest BCUT2D eigenvalue weighted by Gasteiger charge is 2.45. The molecule has 1 aromatic carbocycles. The summed E-state index contributed by atoms with van der Waals surface area (Å²) in [6, 6.07) is 8.30. The topological polar surface area (TPSA) is 55.0 Å². The van der Waals surface area contributed by atoms with Crippen molar-refractivity contribution in [1.82, 2.24) is 9.97 Å². The van der Waals surface area contributed by atoms with Gasteiger partial charge in [-0.1, -0.05) is 24.3 Å². The lowest BCUT2D eigenvalue weighted by atomic mass is 10.1. The van der Waals surface area contributed by atoms with Crippen molar-refractivity contribution in [2.75, 3.05) is 6.61 Å². The van der Waals surface area contributed by atoms with Gasteiger partial charge in [0.1, 0.15) is 9.39 Å². The smallest absolute Gasteiger partial charge is 0.309 e. The van der Waals surface area contributed by atoms with Gasteiger partial charge in [0.05, 0.1) is 18.9 Å². The fourth-order valence-corrected chi connectivity index (χ4v) is 3.03. The molecule has 0 amide bonds. The number of benzene rings is 1. The molecule has 1 aliphatic rings. The van der Waals surface area contributed by atoms with E-state index in [2.05, 4.69) is 56.8 Å². The fraction of sp³-hybridized carbons (Fsp3) is 0.333. The summed E-state index contributed by atoms with van der Waals surface area (Å²) >= 11 is 2.24. The van der Waals surface area contributed by atoms with Gasteiger partial charge >= 0.3 is 5.97 Å². The zero-order valence-corrected chi connectivity index (χ0v) is 13.3. The minimum absolute atomic E-state index is 0.0475. The van der Waals surface area contributed by atoms with E-state index in [1.807, 2.05) is 6.92 Å². The van der Waals surface area contributed by atoms with Crippen LogP contribution < -0.4 is 0 Å².